The van der Waals surface area contributed by atoms with Crippen LogP contribution in [0, 0.1) is 0 Å². The van der Waals surface area contributed by atoms with E-state index in [2.05, 4.69) is 36.4 Å². The minimum absolute atomic E-state index is 0.311. The van der Waals surface area contributed by atoms with Crippen molar-refractivity contribution in [3.8, 4) is 28.6 Å². The molecule has 0 saturated carbocycles. The van der Waals surface area contributed by atoms with Crippen molar-refractivity contribution in [2.45, 2.75) is 25.2 Å². The van der Waals surface area contributed by atoms with Crippen LogP contribution in [0.1, 0.15) is 25.6 Å². The van der Waals surface area contributed by atoms with Crippen molar-refractivity contribution < 1.29 is 19.0 Å². The molecule has 3 aromatic rings. The van der Waals surface area contributed by atoms with E-state index >= 15 is 0 Å². The first-order chi connectivity index (χ1) is 15.0. The number of esters is 1. The number of nitrogens with one attached hydrogen (secondary N) is 1. The molecule has 0 amide bonds. The van der Waals surface area contributed by atoms with Gasteiger partial charge in [-0.1, -0.05) is 52.8 Å². The smallest absolute Gasteiger partial charge is 0.308 e. The van der Waals surface area contributed by atoms with Crippen LogP contribution >= 0.6 is 27.7 Å². The van der Waals surface area contributed by atoms with Crippen molar-refractivity contribution in [2.24, 2.45) is 0 Å². The lowest BCUT2D eigenvalue weighted by Crippen LogP contribution is -2.18. The predicted octanol–water partition coefficient (Wildman–Crippen LogP) is 4.85. The number of rotatable bonds is 5. The second kappa shape index (κ2) is 9.11. The standard InChI is InChI=1S/C21H19BrN4O4S/c1-4-31-21-24-20-18(25-26-21)12-7-5-6-8-15(12)23-19(30-20)13-9-16(28-3)17(10-14(13)22)29-11(2)27/h5-10,19,23H,4H2,1-3H3/t19-/m0/s1. The maximum Gasteiger partial charge on any atom is 0.308 e. The van der Waals surface area contributed by atoms with Crippen LogP contribution in [0.3, 0.4) is 0 Å². The molecule has 0 radical (unpaired) electrons. The van der Waals surface area contributed by atoms with Crippen LogP contribution in [-0.2, 0) is 4.79 Å². The number of benzene rings is 2. The van der Waals surface area contributed by atoms with Crippen molar-refractivity contribution >= 4 is 39.3 Å². The highest BCUT2D eigenvalue weighted by molar-refractivity contribution is 9.10. The Labute approximate surface area is 191 Å². The fraction of sp³-hybridized carbons (Fsp3) is 0.238. The zero-order valence-corrected chi connectivity index (χ0v) is 19.4. The Morgan fingerprint density at radius 1 is 1.26 bits per heavy atom. The van der Waals surface area contributed by atoms with Crippen molar-refractivity contribution in [2.75, 3.05) is 18.2 Å². The Kier molecular flexibility index (Phi) is 6.28. The Hall–Kier alpha value is -2.85. The van der Waals surface area contributed by atoms with Crippen LogP contribution in [0.15, 0.2) is 46.0 Å². The monoisotopic (exact) mass is 502 g/mol. The molecule has 1 N–H and O–H groups in total. The van der Waals surface area contributed by atoms with Crippen molar-refractivity contribution in [1.82, 2.24) is 15.2 Å². The topological polar surface area (TPSA) is 95.5 Å². The van der Waals surface area contributed by atoms with Crippen LogP contribution < -0.4 is 19.5 Å². The van der Waals surface area contributed by atoms with Gasteiger partial charge in [0.1, 0.15) is 0 Å². The first kappa shape index (κ1) is 21.4. The number of methoxy groups -OCH3 is 1. The number of carbonyl (C=O) groups excluding carboxylic acids is 1. The minimum Gasteiger partial charge on any atom is -0.493 e. The van der Waals surface area contributed by atoms with E-state index in [1.807, 2.05) is 31.2 Å². The summed E-state index contributed by atoms with van der Waals surface area (Å²) in [4.78, 5) is 16.0. The lowest BCUT2D eigenvalue weighted by Gasteiger charge is -2.22. The maximum atomic E-state index is 11.4. The Morgan fingerprint density at radius 2 is 2.06 bits per heavy atom. The Morgan fingerprint density at radius 3 is 2.81 bits per heavy atom. The number of fused-ring (bicyclic) bond motifs is 3. The zero-order valence-electron chi connectivity index (χ0n) is 17.0. The molecule has 1 aliphatic rings. The number of halogens is 1. The number of hydrogen-bond acceptors (Lipinski definition) is 9. The highest BCUT2D eigenvalue weighted by Gasteiger charge is 2.28. The van der Waals surface area contributed by atoms with E-state index in [1.165, 1.54) is 25.8 Å². The molecule has 2 heterocycles. The molecule has 31 heavy (non-hydrogen) atoms. The fourth-order valence-electron chi connectivity index (χ4n) is 3.12. The van der Waals surface area contributed by atoms with E-state index in [9.17, 15) is 4.79 Å². The molecule has 0 unspecified atom stereocenters. The summed E-state index contributed by atoms with van der Waals surface area (Å²) in [5.74, 6) is 1.47. The second-order valence-electron chi connectivity index (χ2n) is 6.49. The summed E-state index contributed by atoms with van der Waals surface area (Å²) in [7, 11) is 1.51. The zero-order chi connectivity index (χ0) is 22.0. The maximum absolute atomic E-state index is 11.4. The summed E-state index contributed by atoms with van der Waals surface area (Å²) in [5.41, 5.74) is 2.96. The molecule has 4 rings (SSSR count). The van der Waals surface area contributed by atoms with Gasteiger partial charge in [-0.05, 0) is 24.0 Å². The van der Waals surface area contributed by atoms with Crippen LogP contribution in [0.25, 0.3) is 11.3 Å². The van der Waals surface area contributed by atoms with Gasteiger partial charge in [0.25, 0.3) is 0 Å². The summed E-state index contributed by atoms with van der Waals surface area (Å²) in [6.07, 6.45) is -0.617. The summed E-state index contributed by atoms with van der Waals surface area (Å²) in [6, 6.07) is 11.2. The number of aromatic nitrogens is 3. The van der Waals surface area contributed by atoms with E-state index in [0.717, 1.165) is 22.6 Å². The van der Waals surface area contributed by atoms with E-state index in [-0.39, 0.29) is 0 Å². The van der Waals surface area contributed by atoms with E-state index in [1.54, 1.807) is 12.1 Å². The third kappa shape index (κ3) is 4.45. The first-order valence-corrected chi connectivity index (χ1v) is 11.2. The van der Waals surface area contributed by atoms with Gasteiger partial charge < -0.3 is 19.5 Å². The molecular weight excluding hydrogens is 484 g/mol. The summed E-state index contributed by atoms with van der Waals surface area (Å²) >= 11 is 5.05. The van der Waals surface area contributed by atoms with Crippen molar-refractivity contribution in [3.05, 3.63) is 46.4 Å². The van der Waals surface area contributed by atoms with Crippen LogP contribution in [0.2, 0.25) is 0 Å². The number of ether oxygens (including phenoxy) is 3. The molecule has 0 aliphatic carbocycles. The average molecular weight is 503 g/mol. The molecule has 2 aromatic carbocycles. The number of nitrogens with zero attached hydrogens (tertiary/aromatic N) is 3. The molecule has 10 heteroatoms. The average Bonchev–Trinajstić information content (AvgIpc) is 2.90. The van der Waals surface area contributed by atoms with E-state index < -0.39 is 12.2 Å². The van der Waals surface area contributed by atoms with E-state index in [4.69, 9.17) is 14.2 Å². The predicted molar refractivity (Wildman–Crippen MR) is 121 cm³/mol. The quantitative estimate of drug-likeness (QED) is 0.298. The van der Waals surface area contributed by atoms with Gasteiger partial charge in [0, 0.05) is 28.2 Å². The molecule has 8 nitrogen and oxygen atoms in total. The van der Waals surface area contributed by atoms with Crippen molar-refractivity contribution in [1.29, 1.82) is 0 Å². The van der Waals surface area contributed by atoms with Gasteiger partial charge in [-0.15, -0.1) is 10.2 Å². The highest BCUT2D eigenvalue weighted by Crippen LogP contribution is 2.43. The van der Waals surface area contributed by atoms with Gasteiger partial charge in [-0.25, -0.2) is 0 Å². The number of anilines is 1. The number of carbonyl (C=O) groups is 1. The van der Waals surface area contributed by atoms with Gasteiger partial charge in [-0.2, -0.15) is 4.98 Å². The van der Waals surface area contributed by atoms with Gasteiger partial charge >= 0.3 is 5.97 Å². The first-order valence-electron chi connectivity index (χ1n) is 9.46. The molecule has 0 saturated heterocycles. The van der Waals surface area contributed by atoms with Gasteiger partial charge in [0.15, 0.2) is 23.4 Å². The second-order valence-corrected chi connectivity index (χ2v) is 8.57. The third-order valence-corrected chi connectivity index (χ3v) is 5.83. The van der Waals surface area contributed by atoms with Gasteiger partial charge in [0.2, 0.25) is 11.0 Å². The minimum atomic E-state index is -0.617. The fourth-order valence-corrected chi connectivity index (χ4v) is 4.16. The SMILES string of the molecule is CCSc1nnc2c(n1)O[C@@H](c1cc(OC)c(OC(C)=O)cc1Br)Nc1ccccc1-2. The molecule has 1 atom stereocenters. The van der Waals surface area contributed by atoms with Crippen molar-refractivity contribution in [3.63, 3.8) is 0 Å². The molecular formula is C21H19BrN4O4S. The number of hydrogen-bond donors (Lipinski definition) is 1. The Bertz CT molecular complexity index is 1140. The summed E-state index contributed by atoms with van der Waals surface area (Å²) in [5, 5.41) is 12.5. The van der Waals surface area contributed by atoms with Crippen LogP contribution in [0.5, 0.6) is 17.4 Å². The largest absolute Gasteiger partial charge is 0.493 e. The molecule has 1 aromatic heterocycles. The molecule has 1 aliphatic heterocycles. The van der Waals surface area contributed by atoms with E-state index in [0.29, 0.717) is 32.7 Å². The Balaban J connectivity index is 1.82. The molecule has 160 valence electrons. The normalized spacial score (nSPS) is 14.4. The number of thioether (sulfide) groups is 1. The molecule has 0 spiro atoms. The summed E-state index contributed by atoms with van der Waals surface area (Å²) in [6.45, 7) is 3.36. The van der Waals surface area contributed by atoms with Crippen LogP contribution in [0.4, 0.5) is 5.69 Å². The molecule has 0 fully saturated rings. The van der Waals surface area contributed by atoms with Crippen LogP contribution in [-0.4, -0.2) is 34.0 Å². The lowest BCUT2D eigenvalue weighted by molar-refractivity contribution is -0.132. The number of para-hydroxylation sites is 1. The van der Waals surface area contributed by atoms with Gasteiger partial charge in [0.05, 0.1) is 7.11 Å². The highest BCUT2D eigenvalue weighted by atomic mass is 79.9. The molecule has 0 bridgehead atoms. The summed E-state index contributed by atoms with van der Waals surface area (Å²) < 4.78 is 17.6. The lowest BCUT2D eigenvalue weighted by atomic mass is 10.1. The third-order valence-electron chi connectivity index (χ3n) is 4.43. The van der Waals surface area contributed by atoms with Gasteiger partial charge in [-0.3, -0.25) is 4.79 Å².